The number of nitro groups is 1. The van der Waals surface area contributed by atoms with E-state index in [9.17, 15) is 15.4 Å². The third kappa shape index (κ3) is 3.25. The van der Waals surface area contributed by atoms with Gasteiger partial charge >= 0.3 is 0 Å². The molecule has 25 heavy (non-hydrogen) atoms. The highest BCUT2D eigenvalue weighted by Gasteiger charge is 2.21. The van der Waals surface area contributed by atoms with Crippen molar-refractivity contribution in [3.63, 3.8) is 0 Å². The minimum Gasteiger partial charge on any atom is -0.497 e. The van der Waals surface area contributed by atoms with Gasteiger partial charge in [0, 0.05) is 11.8 Å². The lowest BCUT2D eigenvalue weighted by Crippen LogP contribution is -1.91. The number of nitriles is 1. The number of para-hydroxylation sites is 1. The van der Waals surface area contributed by atoms with Gasteiger partial charge in [0.1, 0.15) is 17.4 Å². The van der Waals surface area contributed by atoms with Gasteiger partial charge < -0.3 is 14.5 Å². The van der Waals surface area contributed by atoms with E-state index in [2.05, 4.69) is 10.3 Å². The fourth-order valence-corrected chi connectivity index (χ4v) is 2.21. The maximum Gasteiger partial charge on any atom is 0.282 e. The predicted octanol–water partition coefficient (Wildman–Crippen LogP) is 3.87. The standard InChI is InChI=1S/C17H12N4O4/c1-24-12-8-6-11(7-9-12)19-17-14(10-18)20-16(25-17)13-4-2-3-5-15(13)21(22)23/h2-9,19H,1H3. The number of nitrogens with one attached hydrogen (secondary N) is 1. The van der Waals surface area contributed by atoms with Crippen LogP contribution in [0, 0.1) is 21.4 Å². The molecule has 124 valence electrons. The maximum absolute atomic E-state index is 11.2. The molecule has 0 atom stereocenters. The van der Waals surface area contributed by atoms with Gasteiger partial charge in [-0.1, -0.05) is 12.1 Å². The van der Waals surface area contributed by atoms with Crippen molar-refractivity contribution in [2.75, 3.05) is 12.4 Å². The van der Waals surface area contributed by atoms with Gasteiger partial charge in [-0.2, -0.15) is 10.2 Å². The molecule has 0 saturated carbocycles. The Bertz CT molecular complexity index is 958. The van der Waals surface area contributed by atoms with E-state index in [-0.39, 0.29) is 28.7 Å². The summed E-state index contributed by atoms with van der Waals surface area (Å²) in [5.74, 6) is 0.796. The second kappa shape index (κ2) is 6.72. The molecular formula is C17H12N4O4. The Morgan fingerprint density at radius 3 is 2.60 bits per heavy atom. The van der Waals surface area contributed by atoms with E-state index in [4.69, 9.17) is 9.15 Å². The Labute approximate surface area is 142 Å². The van der Waals surface area contributed by atoms with Crippen LogP contribution < -0.4 is 10.1 Å². The second-order valence-corrected chi connectivity index (χ2v) is 4.94. The second-order valence-electron chi connectivity index (χ2n) is 4.94. The van der Waals surface area contributed by atoms with E-state index < -0.39 is 4.92 Å². The molecule has 0 unspecified atom stereocenters. The lowest BCUT2D eigenvalue weighted by atomic mass is 10.2. The summed E-state index contributed by atoms with van der Waals surface area (Å²) in [5.41, 5.74) is 0.711. The van der Waals surface area contributed by atoms with Crippen molar-refractivity contribution in [3.05, 3.63) is 64.3 Å². The molecule has 8 heteroatoms. The smallest absolute Gasteiger partial charge is 0.282 e. The van der Waals surface area contributed by atoms with Gasteiger partial charge in [-0.25, -0.2) is 0 Å². The number of hydrogen-bond donors (Lipinski definition) is 1. The number of nitrogens with zero attached hydrogens (tertiary/aromatic N) is 3. The molecule has 0 aliphatic heterocycles. The molecule has 0 saturated heterocycles. The molecule has 0 spiro atoms. The highest BCUT2D eigenvalue weighted by molar-refractivity contribution is 5.70. The van der Waals surface area contributed by atoms with Crippen LogP contribution in [0.3, 0.4) is 0 Å². The topological polar surface area (TPSA) is 114 Å². The third-order valence-electron chi connectivity index (χ3n) is 3.41. The first-order valence-electron chi connectivity index (χ1n) is 7.18. The van der Waals surface area contributed by atoms with Crippen molar-refractivity contribution in [1.29, 1.82) is 5.26 Å². The molecule has 0 aliphatic rings. The Kier molecular flexibility index (Phi) is 4.30. The number of benzene rings is 2. The van der Waals surface area contributed by atoms with Crippen molar-refractivity contribution < 1.29 is 14.1 Å². The minimum atomic E-state index is -0.526. The van der Waals surface area contributed by atoms with Gasteiger partial charge in [-0.05, 0) is 30.3 Å². The summed E-state index contributed by atoms with van der Waals surface area (Å²) in [6, 6.07) is 14.9. The van der Waals surface area contributed by atoms with E-state index >= 15 is 0 Å². The number of anilines is 2. The average molecular weight is 336 g/mol. The summed E-state index contributed by atoms with van der Waals surface area (Å²) in [6.07, 6.45) is 0. The van der Waals surface area contributed by atoms with Crippen LogP contribution in [-0.4, -0.2) is 17.0 Å². The van der Waals surface area contributed by atoms with E-state index in [1.54, 1.807) is 43.5 Å². The first-order valence-corrected chi connectivity index (χ1v) is 7.18. The SMILES string of the molecule is COc1ccc(Nc2oc(-c3ccccc3[N+](=O)[O-])nc2C#N)cc1. The number of aromatic nitrogens is 1. The molecule has 8 nitrogen and oxygen atoms in total. The highest BCUT2D eigenvalue weighted by Crippen LogP contribution is 2.33. The fourth-order valence-electron chi connectivity index (χ4n) is 2.21. The Balaban J connectivity index is 1.97. The molecule has 1 heterocycles. The predicted molar refractivity (Wildman–Crippen MR) is 89.6 cm³/mol. The molecule has 3 aromatic rings. The van der Waals surface area contributed by atoms with Gasteiger partial charge in [0.15, 0.2) is 0 Å². The number of oxazole rings is 1. The zero-order valence-corrected chi connectivity index (χ0v) is 13.1. The van der Waals surface area contributed by atoms with Crippen molar-refractivity contribution in [3.8, 4) is 23.3 Å². The van der Waals surface area contributed by atoms with Crippen LogP contribution in [0.2, 0.25) is 0 Å². The molecule has 1 N–H and O–H groups in total. The lowest BCUT2D eigenvalue weighted by Gasteiger charge is -2.04. The minimum absolute atomic E-state index is 0.000128. The Morgan fingerprint density at radius 1 is 1.24 bits per heavy atom. The van der Waals surface area contributed by atoms with Crippen LogP contribution >= 0.6 is 0 Å². The summed E-state index contributed by atoms with van der Waals surface area (Å²) in [6.45, 7) is 0. The molecule has 2 aromatic carbocycles. The maximum atomic E-state index is 11.2. The van der Waals surface area contributed by atoms with Gasteiger partial charge in [-0.3, -0.25) is 10.1 Å². The number of nitro benzene ring substituents is 1. The summed E-state index contributed by atoms with van der Waals surface area (Å²) >= 11 is 0. The molecule has 0 bridgehead atoms. The fraction of sp³-hybridized carbons (Fsp3) is 0.0588. The number of ether oxygens (including phenoxy) is 1. The average Bonchev–Trinajstić information content (AvgIpc) is 3.05. The van der Waals surface area contributed by atoms with Gasteiger partial charge in [0.25, 0.3) is 5.69 Å². The largest absolute Gasteiger partial charge is 0.497 e. The quantitative estimate of drug-likeness (QED) is 0.555. The Hall–Kier alpha value is -3.86. The van der Waals surface area contributed by atoms with E-state index in [1.165, 1.54) is 12.1 Å². The van der Waals surface area contributed by atoms with E-state index in [1.807, 2.05) is 6.07 Å². The van der Waals surface area contributed by atoms with Crippen LogP contribution in [0.15, 0.2) is 52.9 Å². The molecule has 0 amide bonds. The van der Waals surface area contributed by atoms with Crippen LogP contribution in [0.25, 0.3) is 11.5 Å². The summed E-state index contributed by atoms with van der Waals surface area (Å²) < 4.78 is 10.6. The molecule has 0 radical (unpaired) electrons. The Morgan fingerprint density at radius 2 is 1.96 bits per heavy atom. The summed E-state index contributed by atoms with van der Waals surface area (Å²) in [7, 11) is 1.56. The lowest BCUT2D eigenvalue weighted by molar-refractivity contribution is -0.384. The number of methoxy groups -OCH3 is 1. The number of rotatable bonds is 5. The highest BCUT2D eigenvalue weighted by atomic mass is 16.6. The summed E-state index contributed by atoms with van der Waals surface area (Å²) in [5, 5.41) is 23.3. The number of hydrogen-bond acceptors (Lipinski definition) is 7. The van der Waals surface area contributed by atoms with E-state index in [0.29, 0.717) is 11.4 Å². The summed E-state index contributed by atoms with van der Waals surface area (Å²) in [4.78, 5) is 14.7. The van der Waals surface area contributed by atoms with Crippen molar-refractivity contribution in [1.82, 2.24) is 4.98 Å². The van der Waals surface area contributed by atoms with Crippen LogP contribution in [0.5, 0.6) is 5.75 Å². The molecule has 1 aromatic heterocycles. The molecule has 0 aliphatic carbocycles. The molecule has 3 rings (SSSR count). The molecular weight excluding hydrogens is 324 g/mol. The zero-order valence-electron chi connectivity index (χ0n) is 13.1. The van der Waals surface area contributed by atoms with Crippen LogP contribution in [-0.2, 0) is 0 Å². The van der Waals surface area contributed by atoms with Gasteiger partial charge in [0.05, 0.1) is 12.0 Å². The first kappa shape index (κ1) is 16.0. The zero-order chi connectivity index (χ0) is 17.8. The first-order chi connectivity index (χ1) is 12.1. The monoisotopic (exact) mass is 336 g/mol. The van der Waals surface area contributed by atoms with Crippen LogP contribution in [0.1, 0.15) is 5.69 Å². The van der Waals surface area contributed by atoms with Gasteiger partial charge in [-0.15, -0.1) is 0 Å². The van der Waals surface area contributed by atoms with Gasteiger partial charge in [0.2, 0.25) is 17.5 Å². The third-order valence-corrected chi connectivity index (χ3v) is 3.41. The van der Waals surface area contributed by atoms with E-state index in [0.717, 1.165) is 0 Å². The molecule has 0 fully saturated rings. The van der Waals surface area contributed by atoms with Crippen LogP contribution in [0.4, 0.5) is 17.3 Å². The van der Waals surface area contributed by atoms with Crippen molar-refractivity contribution in [2.24, 2.45) is 0 Å². The van der Waals surface area contributed by atoms with Crippen molar-refractivity contribution in [2.45, 2.75) is 0 Å². The normalized spacial score (nSPS) is 10.1. The van der Waals surface area contributed by atoms with Crippen molar-refractivity contribution >= 4 is 17.3 Å².